The lowest BCUT2D eigenvalue weighted by Crippen LogP contribution is -2.33. The van der Waals surface area contributed by atoms with E-state index in [2.05, 4.69) is 11.6 Å². The number of aliphatic hydroxyl groups is 1. The number of amides is 1. The summed E-state index contributed by atoms with van der Waals surface area (Å²) in [5.41, 5.74) is 3.94. The first-order valence-electron chi connectivity index (χ1n) is 6.68. The van der Waals surface area contributed by atoms with Crippen LogP contribution in [-0.4, -0.2) is 40.6 Å². The smallest absolute Gasteiger partial charge is 0.254 e. The molecule has 2 aromatic rings. The monoisotopic (exact) mass is 272 g/mol. The lowest BCUT2D eigenvalue weighted by Gasteiger charge is -2.20. The highest BCUT2D eigenvalue weighted by molar-refractivity contribution is 5.99. The van der Waals surface area contributed by atoms with Gasteiger partial charge in [-0.05, 0) is 37.6 Å². The van der Waals surface area contributed by atoms with Crippen LogP contribution in [0.4, 0.5) is 0 Å². The number of fused-ring (bicyclic) bond motifs is 1. The van der Waals surface area contributed by atoms with Gasteiger partial charge >= 0.3 is 0 Å². The van der Waals surface area contributed by atoms with Crippen LogP contribution in [0.15, 0.2) is 30.9 Å². The number of carbonyl (C=O) groups excluding carboxylic acids is 1. The van der Waals surface area contributed by atoms with Gasteiger partial charge in [0.1, 0.15) is 0 Å². The number of aryl methyl sites for hydroxylation is 2. The van der Waals surface area contributed by atoms with E-state index in [1.54, 1.807) is 11.0 Å². The van der Waals surface area contributed by atoms with Gasteiger partial charge in [-0.15, -0.1) is 6.58 Å². The molecule has 1 amide bonds. The number of carbonyl (C=O) groups is 1. The van der Waals surface area contributed by atoms with Crippen LogP contribution >= 0.6 is 0 Å². The molecule has 0 unspecified atom stereocenters. The first kappa shape index (κ1) is 14.3. The van der Waals surface area contributed by atoms with Gasteiger partial charge in [-0.25, -0.2) is 0 Å². The van der Waals surface area contributed by atoms with Crippen LogP contribution in [0, 0.1) is 13.8 Å². The minimum Gasteiger partial charge on any atom is -0.395 e. The Labute approximate surface area is 118 Å². The Bertz CT molecular complexity index is 643. The molecule has 106 valence electrons. The fourth-order valence-electron chi connectivity index (χ4n) is 2.33. The SMILES string of the molecule is C=CCN(CCO)C(=O)c1ccc2[nH]c(C)c(C)c2c1. The molecule has 0 saturated heterocycles. The zero-order valence-electron chi connectivity index (χ0n) is 11.9. The van der Waals surface area contributed by atoms with Gasteiger partial charge in [-0.1, -0.05) is 6.08 Å². The summed E-state index contributed by atoms with van der Waals surface area (Å²) < 4.78 is 0. The second kappa shape index (κ2) is 5.92. The van der Waals surface area contributed by atoms with E-state index >= 15 is 0 Å². The number of hydrogen-bond acceptors (Lipinski definition) is 2. The molecule has 4 nitrogen and oxygen atoms in total. The summed E-state index contributed by atoms with van der Waals surface area (Å²) in [6.45, 7) is 8.40. The van der Waals surface area contributed by atoms with Crippen molar-refractivity contribution in [1.82, 2.24) is 9.88 Å². The molecule has 0 radical (unpaired) electrons. The zero-order chi connectivity index (χ0) is 14.7. The van der Waals surface area contributed by atoms with Crippen molar-refractivity contribution >= 4 is 16.8 Å². The number of rotatable bonds is 5. The summed E-state index contributed by atoms with van der Waals surface area (Å²) in [5, 5.41) is 10.1. The molecule has 1 heterocycles. The Balaban J connectivity index is 2.38. The van der Waals surface area contributed by atoms with Crippen LogP contribution in [0.25, 0.3) is 10.9 Å². The van der Waals surface area contributed by atoms with Crippen LogP contribution in [0.3, 0.4) is 0 Å². The zero-order valence-corrected chi connectivity index (χ0v) is 11.9. The third kappa shape index (κ3) is 2.60. The van der Waals surface area contributed by atoms with E-state index < -0.39 is 0 Å². The van der Waals surface area contributed by atoms with Gasteiger partial charge in [-0.2, -0.15) is 0 Å². The molecule has 0 aliphatic carbocycles. The highest BCUT2D eigenvalue weighted by atomic mass is 16.3. The molecule has 0 aliphatic heterocycles. The summed E-state index contributed by atoms with van der Waals surface area (Å²) in [6.07, 6.45) is 1.66. The van der Waals surface area contributed by atoms with Crippen molar-refractivity contribution in [3.8, 4) is 0 Å². The van der Waals surface area contributed by atoms with E-state index in [0.717, 1.165) is 22.2 Å². The topological polar surface area (TPSA) is 56.3 Å². The maximum atomic E-state index is 12.4. The van der Waals surface area contributed by atoms with Crippen molar-refractivity contribution in [2.45, 2.75) is 13.8 Å². The first-order valence-corrected chi connectivity index (χ1v) is 6.68. The molecule has 0 spiro atoms. The number of benzene rings is 1. The highest BCUT2D eigenvalue weighted by Gasteiger charge is 2.15. The van der Waals surface area contributed by atoms with Crippen molar-refractivity contribution in [2.75, 3.05) is 19.7 Å². The number of nitrogens with zero attached hydrogens (tertiary/aromatic N) is 1. The second-order valence-corrected chi connectivity index (χ2v) is 4.90. The normalized spacial score (nSPS) is 10.8. The van der Waals surface area contributed by atoms with Crippen molar-refractivity contribution in [3.63, 3.8) is 0 Å². The number of aliphatic hydroxyl groups excluding tert-OH is 1. The van der Waals surface area contributed by atoms with E-state index in [1.165, 1.54) is 0 Å². The number of nitrogens with one attached hydrogen (secondary N) is 1. The standard InChI is InChI=1S/C16H20N2O2/c1-4-7-18(8-9-19)16(20)13-5-6-15-14(10-13)11(2)12(3)17-15/h4-6,10,17,19H,1,7-9H2,2-3H3. The second-order valence-electron chi connectivity index (χ2n) is 4.90. The minimum atomic E-state index is -0.0842. The maximum Gasteiger partial charge on any atom is 0.254 e. The van der Waals surface area contributed by atoms with Crippen LogP contribution in [0.2, 0.25) is 0 Å². The maximum absolute atomic E-state index is 12.4. The van der Waals surface area contributed by atoms with E-state index in [9.17, 15) is 4.79 Å². The average molecular weight is 272 g/mol. The van der Waals surface area contributed by atoms with Crippen molar-refractivity contribution in [2.24, 2.45) is 0 Å². The lowest BCUT2D eigenvalue weighted by atomic mass is 10.1. The Morgan fingerprint density at radius 1 is 1.45 bits per heavy atom. The molecule has 4 heteroatoms. The fourth-order valence-corrected chi connectivity index (χ4v) is 2.33. The molecule has 0 bridgehead atoms. The van der Waals surface area contributed by atoms with Crippen LogP contribution in [0.5, 0.6) is 0 Å². The molecule has 1 aromatic carbocycles. The summed E-state index contributed by atoms with van der Waals surface area (Å²) in [4.78, 5) is 17.3. The number of aromatic amines is 1. The van der Waals surface area contributed by atoms with Gasteiger partial charge in [0.15, 0.2) is 0 Å². The fraction of sp³-hybridized carbons (Fsp3) is 0.312. The molecule has 0 saturated carbocycles. The molecule has 0 fully saturated rings. The predicted octanol–water partition coefficient (Wildman–Crippen LogP) is 2.41. The third-order valence-corrected chi connectivity index (χ3v) is 3.56. The highest BCUT2D eigenvalue weighted by Crippen LogP contribution is 2.23. The molecule has 0 aliphatic rings. The van der Waals surface area contributed by atoms with E-state index in [0.29, 0.717) is 18.7 Å². The average Bonchev–Trinajstić information content (AvgIpc) is 2.73. The van der Waals surface area contributed by atoms with Crippen LogP contribution in [0.1, 0.15) is 21.6 Å². The van der Waals surface area contributed by atoms with Gasteiger partial charge in [0, 0.05) is 35.2 Å². The number of aromatic nitrogens is 1. The molecule has 0 atom stereocenters. The lowest BCUT2D eigenvalue weighted by molar-refractivity contribution is 0.0743. The summed E-state index contributed by atoms with van der Waals surface area (Å²) in [7, 11) is 0. The Morgan fingerprint density at radius 3 is 2.85 bits per heavy atom. The number of hydrogen-bond donors (Lipinski definition) is 2. The largest absolute Gasteiger partial charge is 0.395 e. The Morgan fingerprint density at radius 2 is 2.20 bits per heavy atom. The van der Waals surface area contributed by atoms with Crippen LogP contribution in [-0.2, 0) is 0 Å². The van der Waals surface area contributed by atoms with Gasteiger partial charge in [0.05, 0.1) is 6.61 Å². The van der Waals surface area contributed by atoms with Gasteiger partial charge in [0.25, 0.3) is 5.91 Å². The Hall–Kier alpha value is -2.07. The van der Waals surface area contributed by atoms with E-state index in [1.807, 2.05) is 32.0 Å². The molecular weight excluding hydrogens is 252 g/mol. The van der Waals surface area contributed by atoms with Crippen molar-refractivity contribution in [1.29, 1.82) is 0 Å². The molecule has 1 aromatic heterocycles. The Kier molecular flexibility index (Phi) is 4.25. The summed E-state index contributed by atoms with van der Waals surface area (Å²) >= 11 is 0. The quantitative estimate of drug-likeness (QED) is 0.821. The minimum absolute atomic E-state index is 0.0515. The van der Waals surface area contributed by atoms with Crippen molar-refractivity contribution in [3.05, 3.63) is 47.7 Å². The van der Waals surface area contributed by atoms with Gasteiger partial charge in [-0.3, -0.25) is 4.79 Å². The molecule has 2 N–H and O–H groups in total. The van der Waals surface area contributed by atoms with Gasteiger partial charge in [0.2, 0.25) is 0 Å². The molecular formula is C16H20N2O2. The summed E-state index contributed by atoms with van der Waals surface area (Å²) in [6, 6.07) is 5.64. The van der Waals surface area contributed by atoms with E-state index in [4.69, 9.17) is 5.11 Å². The predicted molar refractivity (Wildman–Crippen MR) is 81.0 cm³/mol. The molecule has 2 rings (SSSR count). The van der Waals surface area contributed by atoms with Crippen molar-refractivity contribution < 1.29 is 9.90 Å². The first-order chi connectivity index (χ1) is 9.58. The van der Waals surface area contributed by atoms with E-state index in [-0.39, 0.29) is 12.5 Å². The number of H-pyrrole nitrogens is 1. The molecule has 20 heavy (non-hydrogen) atoms. The summed E-state index contributed by atoms with van der Waals surface area (Å²) in [5.74, 6) is -0.0842. The third-order valence-electron chi connectivity index (χ3n) is 3.56. The van der Waals surface area contributed by atoms with Crippen LogP contribution < -0.4 is 0 Å². The van der Waals surface area contributed by atoms with Gasteiger partial charge < -0.3 is 15.0 Å².